The highest BCUT2D eigenvalue weighted by molar-refractivity contribution is 5.99. The molecule has 1 aliphatic heterocycles. The summed E-state index contributed by atoms with van der Waals surface area (Å²) in [6.07, 6.45) is 3.13. The molecular weight excluding hydrogens is 359 g/mol. The summed E-state index contributed by atoms with van der Waals surface area (Å²) in [7, 11) is 0. The lowest BCUT2D eigenvalue weighted by molar-refractivity contribution is -0.125. The molecule has 2 aromatic rings. The van der Waals surface area contributed by atoms with E-state index in [4.69, 9.17) is 9.47 Å². The van der Waals surface area contributed by atoms with Crippen molar-refractivity contribution in [3.05, 3.63) is 53.5 Å². The number of benzene rings is 1. The SMILES string of the molecule is CCCCOc1ccc(NC(=O)C2(c3ccc(F)cc3)CCOCC2)c(C)n1. The summed E-state index contributed by atoms with van der Waals surface area (Å²) in [5.41, 5.74) is 1.42. The van der Waals surface area contributed by atoms with Crippen LogP contribution >= 0.6 is 0 Å². The molecule has 0 bridgehead atoms. The maximum Gasteiger partial charge on any atom is 0.235 e. The summed E-state index contributed by atoms with van der Waals surface area (Å²) in [6.45, 7) is 5.56. The number of aromatic nitrogens is 1. The zero-order valence-electron chi connectivity index (χ0n) is 16.5. The number of amides is 1. The van der Waals surface area contributed by atoms with Crippen LogP contribution in [-0.4, -0.2) is 30.7 Å². The lowest BCUT2D eigenvalue weighted by atomic mass is 9.73. The van der Waals surface area contributed by atoms with Crippen molar-refractivity contribution in [1.82, 2.24) is 4.98 Å². The van der Waals surface area contributed by atoms with E-state index in [2.05, 4.69) is 17.2 Å². The highest BCUT2D eigenvalue weighted by Gasteiger charge is 2.42. The van der Waals surface area contributed by atoms with E-state index in [0.29, 0.717) is 49.9 Å². The van der Waals surface area contributed by atoms with Crippen LogP contribution in [0.5, 0.6) is 5.88 Å². The molecule has 1 saturated heterocycles. The Morgan fingerprint density at radius 3 is 2.57 bits per heavy atom. The van der Waals surface area contributed by atoms with E-state index >= 15 is 0 Å². The van der Waals surface area contributed by atoms with Gasteiger partial charge in [0.05, 0.1) is 23.4 Å². The van der Waals surface area contributed by atoms with Crippen molar-refractivity contribution >= 4 is 11.6 Å². The second-order valence-electron chi connectivity index (χ2n) is 7.14. The minimum atomic E-state index is -0.741. The van der Waals surface area contributed by atoms with Gasteiger partial charge in [0.15, 0.2) is 0 Å². The highest BCUT2D eigenvalue weighted by atomic mass is 19.1. The van der Waals surface area contributed by atoms with Crippen molar-refractivity contribution in [3.8, 4) is 5.88 Å². The number of carbonyl (C=O) groups excluding carboxylic acids is 1. The predicted molar refractivity (Wildman–Crippen MR) is 106 cm³/mol. The Bertz CT molecular complexity index is 802. The van der Waals surface area contributed by atoms with Crippen molar-refractivity contribution in [1.29, 1.82) is 0 Å². The lowest BCUT2D eigenvalue weighted by Gasteiger charge is -2.36. The summed E-state index contributed by atoms with van der Waals surface area (Å²) < 4.78 is 24.5. The summed E-state index contributed by atoms with van der Waals surface area (Å²) in [5, 5.41) is 3.02. The van der Waals surface area contributed by atoms with Gasteiger partial charge in [-0.3, -0.25) is 4.79 Å². The molecule has 28 heavy (non-hydrogen) atoms. The Kier molecular flexibility index (Phi) is 6.62. The third kappa shape index (κ3) is 4.50. The van der Waals surface area contributed by atoms with Gasteiger partial charge < -0.3 is 14.8 Å². The van der Waals surface area contributed by atoms with Crippen LogP contribution in [0.2, 0.25) is 0 Å². The molecule has 0 aliphatic carbocycles. The fraction of sp³-hybridized carbons (Fsp3) is 0.455. The number of nitrogens with zero attached hydrogens (tertiary/aromatic N) is 1. The fourth-order valence-electron chi connectivity index (χ4n) is 3.45. The molecule has 5 nitrogen and oxygen atoms in total. The number of halogens is 1. The Morgan fingerprint density at radius 2 is 1.93 bits per heavy atom. The van der Waals surface area contributed by atoms with E-state index in [9.17, 15) is 9.18 Å². The molecular formula is C22H27FN2O3. The average molecular weight is 386 g/mol. The van der Waals surface area contributed by atoms with Gasteiger partial charge in [0.25, 0.3) is 0 Å². The van der Waals surface area contributed by atoms with Crippen LogP contribution < -0.4 is 10.1 Å². The second kappa shape index (κ2) is 9.15. The molecule has 1 N–H and O–H groups in total. The molecule has 150 valence electrons. The minimum absolute atomic E-state index is 0.119. The quantitative estimate of drug-likeness (QED) is 0.717. The topological polar surface area (TPSA) is 60.5 Å². The van der Waals surface area contributed by atoms with Crippen molar-refractivity contribution in [2.24, 2.45) is 0 Å². The summed E-state index contributed by atoms with van der Waals surface area (Å²) >= 11 is 0. The fourth-order valence-corrected chi connectivity index (χ4v) is 3.45. The van der Waals surface area contributed by atoms with Crippen molar-refractivity contribution in [2.45, 2.75) is 44.9 Å². The number of hydrogen-bond donors (Lipinski definition) is 1. The van der Waals surface area contributed by atoms with Crippen LogP contribution in [0.4, 0.5) is 10.1 Å². The van der Waals surface area contributed by atoms with Crippen molar-refractivity contribution < 1.29 is 18.7 Å². The zero-order chi connectivity index (χ0) is 20.0. The van der Waals surface area contributed by atoms with Crippen LogP contribution in [0.15, 0.2) is 36.4 Å². The molecule has 2 heterocycles. The minimum Gasteiger partial charge on any atom is -0.478 e. The molecule has 1 amide bonds. The van der Waals surface area contributed by atoms with Crippen molar-refractivity contribution in [2.75, 3.05) is 25.1 Å². The van der Waals surface area contributed by atoms with Crippen LogP contribution in [0.3, 0.4) is 0 Å². The van der Waals surface area contributed by atoms with Gasteiger partial charge in [-0.2, -0.15) is 0 Å². The number of carbonyl (C=O) groups is 1. The first-order valence-electron chi connectivity index (χ1n) is 9.81. The zero-order valence-corrected chi connectivity index (χ0v) is 16.5. The lowest BCUT2D eigenvalue weighted by Crippen LogP contribution is -2.45. The number of unbranched alkanes of at least 4 members (excludes halogenated alkanes) is 1. The second-order valence-corrected chi connectivity index (χ2v) is 7.14. The molecule has 1 aliphatic rings. The predicted octanol–water partition coefficient (Wildman–Crippen LogP) is 4.39. The third-order valence-corrected chi connectivity index (χ3v) is 5.23. The van der Waals surface area contributed by atoms with Gasteiger partial charge in [-0.25, -0.2) is 9.37 Å². The molecule has 0 radical (unpaired) electrons. The molecule has 6 heteroatoms. The summed E-state index contributed by atoms with van der Waals surface area (Å²) in [4.78, 5) is 17.7. The standard InChI is InChI=1S/C22H27FN2O3/c1-3-4-13-28-20-10-9-19(16(2)24-20)25-21(26)22(11-14-27-15-12-22)17-5-7-18(23)8-6-17/h5-10H,3-4,11-15H2,1-2H3,(H,25,26). The number of hydrogen-bond acceptors (Lipinski definition) is 4. The summed E-state index contributed by atoms with van der Waals surface area (Å²) in [5.74, 6) is 0.125. The Morgan fingerprint density at radius 1 is 1.21 bits per heavy atom. The van der Waals surface area contributed by atoms with Crippen LogP contribution in [0.1, 0.15) is 43.9 Å². The van der Waals surface area contributed by atoms with Gasteiger partial charge in [-0.1, -0.05) is 25.5 Å². The first kappa shape index (κ1) is 20.3. The number of ether oxygens (including phenoxy) is 2. The largest absolute Gasteiger partial charge is 0.478 e. The monoisotopic (exact) mass is 386 g/mol. The van der Waals surface area contributed by atoms with Gasteiger partial charge in [0.2, 0.25) is 11.8 Å². The maximum atomic E-state index is 13.4. The van der Waals surface area contributed by atoms with Crippen molar-refractivity contribution in [3.63, 3.8) is 0 Å². The van der Waals surface area contributed by atoms with E-state index in [1.54, 1.807) is 18.2 Å². The Balaban J connectivity index is 1.79. The Labute approximate surface area is 165 Å². The number of nitrogens with one attached hydrogen (secondary N) is 1. The van der Waals surface area contributed by atoms with Gasteiger partial charge >= 0.3 is 0 Å². The van der Waals surface area contributed by atoms with E-state index in [1.165, 1.54) is 12.1 Å². The van der Waals surface area contributed by atoms with Crippen LogP contribution in [0.25, 0.3) is 0 Å². The maximum absolute atomic E-state index is 13.4. The van der Waals surface area contributed by atoms with Crippen LogP contribution in [-0.2, 0) is 14.9 Å². The van der Waals surface area contributed by atoms with E-state index < -0.39 is 5.41 Å². The Hall–Kier alpha value is -2.47. The van der Waals surface area contributed by atoms with Gasteiger partial charge in [0, 0.05) is 19.3 Å². The molecule has 0 atom stereocenters. The third-order valence-electron chi connectivity index (χ3n) is 5.23. The van der Waals surface area contributed by atoms with E-state index in [0.717, 1.165) is 18.4 Å². The molecule has 0 unspecified atom stereocenters. The molecule has 1 aromatic carbocycles. The number of anilines is 1. The van der Waals surface area contributed by atoms with E-state index in [-0.39, 0.29) is 11.7 Å². The number of pyridine rings is 1. The highest BCUT2D eigenvalue weighted by Crippen LogP contribution is 2.36. The molecule has 3 rings (SSSR count). The smallest absolute Gasteiger partial charge is 0.235 e. The average Bonchev–Trinajstić information content (AvgIpc) is 2.71. The first-order chi connectivity index (χ1) is 13.5. The van der Waals surface area contributed by atoms with Gasteiger partial charge in [-0.05, 0) is 49.9 Å². The molecule has 0 spiro atoms. The number of aryl methyl sites for hydroxylation is 1. The first-order valence-corrected chi connectivity index (χ1v) is 9.81. The molecule has 0 saturated carbocycles. The number of rotatable bonds is 7. The normalized spacial score (nSPS) is 15.8. The van der Waals surface area contributed by atoms with Crippen LogP contribution in [0, 0.1) is 12.7 Å². The molecule has 1 aromatic heterocycles. The molecule has 1 fully saturated rings. The summed E-state index contributed by atoms with van der Waals surface area (Å²) in [6, 6.07) is 9.77. The van der Waals surface area contributed by atoms with Gasteiger partial charge in [0.1, 0.15) is 5.82 Å². The van der Waals surface area contributed by atoms with E-state index in [1.807, 2.05) is 13.0 Å². The van der Waals surface area contributed by atoms with Gasteiger partial charge in [-0.15, -0.1) is 0 Å².